The predicted molar refractivity (Wildman–Crippen MR) is 98.8 cm³/mol. The molecule has 0 fully saturated rings. The molecule has 0 radical (unpaired) electrons. The minimum absolute atomic E-state index is 0.102. The van der Waals surface area contributed by atoms with Gasteiger partial charge in [0, 0.05) is 68.2 Å². The minimum atomic E-state index is -0.102. The van der Waals surface area contributed by atoms with Gasteiger partial charge < -0.3 is 14.8 Å². The molecule has 2 aromatic carbocycles. The fourth-order valence-corrected chi connectivity index (χ4v) is 3.59. The van der Waals surface area contributed by atoms with Gasteiger partial charge in [-0.3, -0.25) is 9.59 Å². The van der Waals surface area contributed by atoms with Gasteiger partial charge in [0.15, 0.2) is 0 Å². The second kappa shape index (κ2) is 5.21. The van der Waals surface area contributed by atoms with E-state index in [4.69, 9.17) is 0 Å². The molecule has 1 aromatic heterocycles. The average molecular weight is 333 g/mol. The van der Waals surface area contributed by atoms with Gasteiger partial charge in [-0.15, -0.1) is 0 Å². The van der Waals surface area contributed by atoms with Crippen LogP contribution in [0.15, 0.2) is 36.7 Å². The zero-order chi connectivity index (χ0) is 17.9. The minimum Gasteiger partial charge on any atom is -0.366 e. The molecular formula is C20H19N3O2. The smallest absolute Gasteiger partial charge is 0.253 e. The maximum absolute atomic E-state index is 12.8. The van der Waals surface area contributed by atoms with Crippen LogP contribution in [0, 0.1) is 0 Å². The zero-order valence-corrected chi connectivity index (χ0v) is 14.7. The van der Waals surface area contributed by atoms with Gasteiger partial charge in [-0.25, -0.2) is 0 Å². The molecule has 126 valence electrons. The highest BCUT2D eigenvalue weighted by atomic mass is 16.2. The maximum Gasteiger partial charge on any atom is 0.253 e. The molecule has 0 bridgehead atoms. The summed E-state index contributed by atoms with van der Waals surface area (Å²) in [6.45, 7) is 0. The van der Waals surface area contributed by atoms with E-state index in [9.17, 15) is 9.59 Å². The number of benzene rings is 2. The zero-order valence-electron chi connectivity index (χ0n) is 14.7. The van der Waals surface area contributed by atoms with Crippen LogP contribution in [0.3, 0.4) is 0 Å². The molecule has 0 aliphatic heterocycles. The van der Waals surface area contributed by atoms with Crippen LogP contribution in [0.5, 0.6) is 0 Å². The van der Waals surface area contributed by atoms with E-state index < -0.39 is 0 Å². The number of fused-ring (bicyclic) bond motifs is 3. The summed E-state index contributed by atoms with van der Waals surface area (Å²) in [5.41, 5.74) is 5.46. The quantitative estimate of drug-likeness (QED) is 0.612. The highest BCUT2D eigenvalue weighted by Crippen LogP contribution is 2.48. The summed E-state index contributed by atoms with van der Waals surface area (Å²) in [7, 11) is 6.90. The molecule has 3 aromatic rings. The van der Waals surface area contributed by atoms with E-state index in [-0.39, 0.29) is 11.8 Å². The van der Waals surface area contributed by atoms with E-state index in [0.717, 1.165) is 33.0 Å². The van der Waals surface area contributed by atoms with Gasteiger partial charge in [0.2, 0.25) is 0 Å². The van der Waals surface area contributed by atoms with Gasteiger partial charge in [-0.2, -0.15) is 0 Å². The van der Waals surface area contributed by atoms with Crippen LogP contribution < -0.4 is 0 Å². The lowest BCUT2D eigenvalue weighted by Crippen LogP contribution is -2.25. The Morgan fingerprint density at radius 2 is 1.12 bits per heavy atom. The highest BCUT2D eigenvalue weighted by Gasteiger charge is 2.28. The third kappa shape index (κ3) is 2.02. The number of carbonyl (C=O) groups is 2. The Hall–Kier alpha value is -3.08. The molecule has 0 saturated carbocycles. The number of rotatable bonds is 2. The first-order chi connectivity index (χ1) is 11.9. The van der Waals surface area contributed by atoms with Crippen LogP contribution in [0.2, 0.25) is 0 Å². The van der Waals surface area contributed by atoms with Crippen molar-refractivity contribution in [2.45, 2.75) is 0 Å². The molecule has 5 nitrogen and oxygen atoms in total. The summed E-state index contributed by atoms with van der Waals surface area (Å²) < 4.78 is 0. The average Bonchev–Trinajstić information content (AvgIpc) is 3.17. The van der Waals surface area contributed by atoms with E-state index in [1.807, 2.05) is 36.7 Å². The van der Waals surface area contributed by atoms with Crippen molar-refractivity contribution in [2.75, 3.05) is 28.2 Å². The first-order valence-corrected chi connectivity index (χ1v) is 8.12. The first-order valence-electron chi connectivity index (χ1n) is 8.12. The second-order valence-corrected chi connectivity index (χ2v) is 6.75. The van der Waals surface area contributed by atoms with Crippen molar-refractivity contribution < 1.29 is 9.59 Å². The summed E-state index contributed by atoms with van der Waals surface area (Å²) >= 11 is 0. The Bertz CT molecular complexity index is 967. The fourth-order valence-electron chi connectivity index (χ4n) is 3.59. The van der Waals surface area contributed by atoms with E-state index in [1.165, 1.54) is 0 Å². The van der Waals surface area contributed by atoms with Gasteiger partial charge in [-0.1, -0.05) is 12.1 Å². The van der Waals surface area contributed by atoms with E-state index in [2.05, 4.69) is 4.98 Å². The van der Waals surface area contributed by atoms with E-state index in [1.54, 1.807) is 38.0 Å². The summed E-state index contributed by atoms with van der Waals surface area (Å²) in [5, 5.41) is 1.72. The Morgan fingerprint density at radius 3 is 1.52 bits per heavy atom. The van der Waals surface area contributed by atoms with Crippen molar-refractivity contribution in [2.24, 2.45) is 0 Å². The molecule has 1 aliphatic rings. The highest BCUT2D eigenvalue weighted by molar-refractivity contribution is 6.25. The molecule has 4 rings (SSSR count). The van der Waals surface area contributed by atoms with Crippen LogP contribution in [-0.2, 0) is 0 Å². The lowest BCUT2D eigenvalue weighted by molar-refractivity contribution is 0.0828. The van der Waals surface area contributed by atoms with Gasteiger partial charge in [0.25, 0.3) is 11.8 Å². The number of amides is 2. The second-order valence-electron chi connectivity index (χ2n) is 6.75. The molecule has 0 spiro atoms. The lowest BCUT2D eigenvalue weighted by Gasteiger charge is -2.18. The van der Waals surface area contributed by atoms with E-state index >= 15 is 0 Å². The van der Waals surface area contributed by atoms with Crippen molar-refractivity contribution in [3.63, 3.8) is 0 Å². The number of H-pyrrole nitrogens is 1. The Balaban J connectivity index is 2.14. The van der Waals surface area contributed by atoms with Crippen molar-refractivity contribution in [1.82, 2.24) is 14.8 Å². The van der Waals surface area contributed by atoms with Crippen LogP contribution in [0.1, 0.15) is 20.7 Å². The largest absolute Gasteiger partial charge is 0.366 e. The topological polar surface area (TPSA) is 56.4 Å². The third-order valence-electron chi connectivity index (χ3n) is 4.76. The monoisotopic (exact) mass is 333 g/mol. The molecule has 0 unspecified atom stereocenters. The molecule has 0 atom stereocenters. The van der Waals surface area contributed by atoms with Crippen LogP contribution in [0.4, 0.5) is 0 Å². The molecule has 1 N–H and O–H groups in total. The fraction of sp³-hybridized carbons (Fsp3) is 0.200. The van der Waals surface area contributed by atoms with E-state index in [0.29, 0.717) is 11.1 Å². The molecular weight excluding hydrogens is 314 g/mol. The molecule has 1 heterocycles. The van der Waals surface area contributed by atoms with Gasteiger partial charge in [0.05, 0.1) is 0 Å². The summed E-state index contributed by atoms with van der Waals surface area (Å²) in [6.07, 6.45) is 3.93. The standard InChI is InChI=1S/C20H19N3O2/c1-22(2)19(24)13-7-5-11-15-9-21-10-16(15)12-6-8-14(18(13)17(11)12)20(25)23(3)4/h5-10,21H,1-4H3. The molecule has 25 heavy (non-hydrogen) atoms. The Labute approximate surface area is 145 Å². The number of nitrogens with zero attached hydrogens (tertiary/aromatic N) is 2. The normalized spacial score (nSPS) is 11.5. The Morgan fingerprint density at radius 1 is 0.680 bits per heavy atom. The summed E-state index contributed by atoms with van der Waals surface area (Å²) in [4.78, 5) is 31.7. The van der Waals surface area contributed by atoms with Crippen LogP contribution in [0.25, 0.3) is 33.0 Å². The van der Waals surface area contributed by atoms with Crippen molar-refractivity contribution in [3.8, 4) is 22.3 Å². The molecule has 2 amide bonds. The van der Waals surface area contributed by atoms with Gasteiger partial charge in [0.1, 0.15) is 0 Å². The molecule has 0 saturated heterocycles. The SMILES string of the molecule is CN(C)C(=O)c1ccc2c3c(ccc(C(=O)N(C)C)c13)-c1c[nH]cc1-2. The lowest BCUT2D eigenvalue weighted by atomic mass is 9.93. The number of carbonyl (C=O) groups excluding carboxylic acids is 2. The third-order valence-corrected chi connectivity index (χ3v) is 4.76. The van der Waals surface area contributed by atoms with Crippen molar-refractivity contribution in [1.29, 1.82) is 0 Å². The Kier molecular flexibility index (Phi) is 3.22. The van der Waals surface area contributed by atoms with Gasteiger partial charge in [-0.05, 0) is 28.6 Å². The van der Waals surface area contributed by atoms with Gasteiger partial charge >= 0.3 is 0 Å². The predicted octanol–water partition coefficient (Wildman–Crippen LogP) is 3.22. The maximum atomic E-state index is 12.8. The number of nitrogens with one attached hydrogen (secondary N) is 1. The number of aromatic amines is 1. The van der Waals surface area contributed by atoms with Crippen molar-refractivity contribution in [3.05, 3.63) is 47.8 Å². The first kappa shape index (κ1) is 15.4. The number of aromatic nitrogens is 1. The van der Waals surface area contributed by atoms with Crippen LogP contribution in [-0.4, -0.2) is 54.8 Å². The number of hydrogen-bond donors (Lipinski definition) is 1. The van der Waals surface area contributed by atoms with Crippen LogP contribution >= 0.6 is 0 Å². The molecule has 5 heteroatoms. The molecule has 1 aliphatic carbocycles. The summed E-state index contributed by atoms with van der Waals surface area (Å²) in [6, 6.07) is 7.62. The van der Waals surface area contributed by atoms with Crippen molar-refractivity contribution >= 4 is 22.6 Å². The summed E-state index contributed by atoms with van der Waals surface area (Å²) in [5.74, 6) is -0.204. The number of hydrogen-bond acceptors (Lipinski definition) is 2.